The maximum Gasteiger partial charge on any atom is 0.409 e. The van der Waals surface area contributed by atoms with Crippen LogP contribution in [0.2, 0.25) is 0 Å². The van der Waals surface area contributed by atoms with Crippen molar-refractivity contribution in [1.82, 2.24) is 15.1 Å². The van der Waals surface area contributed by atoms with Crippen LogP contribution in [0.4, 0.5) is 4.79 Å². The summed E-state index contributed by atoms with van der Waals surface area (Å²) < 4.78 is 10.8. The molecule has 0 radical (unpaired) electrons. The molecular formula is C22H35IN4O3. The van der Waals surface area contributed by atoms with E-state index < -0.39 is 0 Å². The number of nitrogens with one attached hydrogen (secondary N) is 1. The highest BCUT2D eigenvalue weighted by atomic mass is 127. The van der Waals surface area contributed by atoms with Crippen molar-refractivity contribution in [3.8, 4) is 0 Å². The molecule has 0 aliphatic carbocycles. The summed E-state index contributed by atoms with van der Waals surface area (Å²) in [5.74, 6) is 0.929. The van der Waals surface area contributed by atoms with Crippen molar-refractivity contribution in [2.75, 3.05) is 59.1 Å². The van der Waals surface area contributed by atoms with Crippen LogP contribution < -0.4 is 5.32 Å². The van der Waals surface area contributed by atoms with E-state index in [1.54, 1.807) is 4.90 Å². The van der Waals surface area contributed by atoms with E-state index in [1.165, 1.54) is 5.56 Å². The normalized spacial score (nSPS) is 19.1. The predicted octanol–water partition coefficient (Wildman–Crippen LogP) is 3.09. The molecule has 1 aromatic carbocycles. The molecule has 3 rings (SSSR count). The Kier molecular flexibility index (Phi) is 10.2. The SMILES string of the molecule is CCNC(=NCC1(c2ccccc2)CCOCC1)N1CCN(C(=O)OCC)CC1.I. The van der Waals surface area contributed by atoms with Crippen molar-refractivity contribution in [3.63, 3.8) is 0 Å². The lowest BCUT2D eigenvalue weighted by Gasteiger charge is -2.38. The number of carbonyl (C=O) groups excluding carboxylic acids is 1. The molecule has 2 aliphatic heterocycles. The van der Waals surface area contributed by atoms with E-state index in [4.69, 9.17) is 14.5 Å². The molecule has 2 saturated heterocycles. The van der Waals surface area contributed by atoms with E-state index >= 15 is 0 Å². The number of guanidine groups is 1. The molecule has 2 aliphatic rings. The molecule has 0 atom stereocenters. The molecule has 0 aromatic heterocycles. The number of ether oxygens (including phenoxy) is 2. The van der Waals surface area contributed by atoms with E-state index in [2.05, 4.69) is 47.5 Å². The van der Waals surface area contributed by atoms with Crippen molar-refractivity contribution >= 4 is 36.0 Å². The molecule has 30 heavy (non-hydrogen) atoms. The van der Waals surface area contributed by atoms with Crippen molar-refractivity contribution < 1.29 is 14.3 Å². The third-order valence-electron chi connectivity index (χ3n) is 5.81. The second-order valence-electron chi connectivity index (χ2n) is 7.60. The molecule has 168 valence electrons. The molecule has 1 aromatic rings. The van der Waals surface area contributed by atoms with Crippen molar-refractivity contribution in [3.05, 3.63) is 35.9 Å². The highest BCUT2D eigenvalue weighted by Crippen LogP contribution is 2.35. The van der Waals surface area contributed by atoms with E-state index in [0.717, 1.165) is 58.2 Å². The summed E-state index contributed by atoms with van der Waals surface area (Å²) in [4.78, 5) is 21.0. The van der Waals surface area contributed by atoms with Crippen LogP contribution in [-0.2, 0) is 14.9 Å². The minimum Gasteiger partial charge on any atom is -0.450 e. The summed E-state index contributed by atoms with van der Waals surface area (Å²) in [6.45, 7) is 10.3. The van der Waals surface area contributed by atoms with Gasteiger partial charge in [0, 0.05) is 51.4 Å². The Balaban J connectivity index is 0.00000320. The lowest BCUT2D eigenvalue weighted by Crippen LogP contribution is -2.54. The molecule has 7 nitrogen and oxygen atoms in total. The lowest BCUT2D eigenvalue weighted by atomic mass is 9.74. The number of carbonyl (C=O) groups is 1. The topological polar surface area (TPSA) is 66.4 Å². The maximum atomic E-state index is 12.0. The minimum atomic E-state index is -0.223. The molecule has 8 heteroatoms. The fourth-order valence-corrected chi connectivity index (χ4v) is 4.06. The standard InChI is InChI=1S/C22H34N4O3.HI/c1-3-23-20(25-12-14-26(15-13-25)21(27)29-4-2)24-18-22(10-16-28-17-11-22)19-8-6-5-7-9-19;/h5-9H,3-4,10-18H2,1-2H3,(H,23,24);1H. The average molecular weight is 530 g/mol. The van der Waals surface area contributed by atoms with Crippen molar-refractivity contribution in [2.45, 2.75) is 32.1 Å². The average Bonchev–Trinajstić information content (AvgIpc) is 2.78. The van der Waals surface area contributed by atoms with Gasteiger partial charge in [-0.25, -0.2) is 4.79 Å². The van der Waals surface area contributed by atoms with Gasteiger partial charge in [-0.2, -0.15) is 0 Å². The van der Waals surface area contributed by atoms with Gasteiger partial charge in [0.25, 0.3) is 0 Å². The number of hydrogen-bond donors (Lipinski definition) is 1. The molecule has 1 N–H and O–H groups in total. The van der Waals surface area contributed by atoms with Gasteiger partial charge in [-0.1, -0.05) is 30.3 Å². The molecule has 0 saturated carbocycles. The maximum absolute atomic E-state index is 12.0. The van der Waals surface area contributed by atoms with Gasteiger partial charge in [0.2, 0.25) is 0 Å². The Morgan fingerprint density at radius 3 is 2.33 bits per heavy atom. The Labute approximate surface area is 197 Å². The highest BCUT2D eigenvalue weighted by molar-refractivity contribution is 14.0. The molecule has 0 bridgehead atoms. The van der Waals surface area contributed by atoms with Crippen LogP contribution in [-0.4, -0.2) is 80.9 Å². The van der Waals surface area contributed by atoms with Gasteiger partial charge in [-0.05, 0) is 32.3 Å². The van der Waals surface area contributed by atoms with Crippen LogP contribution in [0.15, 0.2) is 35.3 Å². The van der Waals surface area contributed by atoms with Crippen LogP contribution in [0, 0.1) is 0 Å². The lowest BCUT2D eigenvalue weighted by molar-refractivity contribution is 0.0529. The monoisotopic (exact) mass is 530 g/mol. The molecule has 2 fully saturated rings. The van der Waals surface area contributed by atoms with Crippen LogP contribution in [0.25, 0.3) is 0 Å². The number of hydrogen-bond acceptors (Lipinski definition) is 4. The zero-order chi connectivity index (χ0) is 20.5. The van der Waals surface area contributed by atoms with E-state index in [0.29, 0.717) is 19.7 Å². The van der Waals surface area contributed by atoms with Crippen LogP contribution in [0.5, 0.6) is 0 Å². The van der Waals surface area contributed by atoms with E-state index in [1.807, 2.05) is 6.92 Å². The number of amides is 1. The zero-order valence-corrected chi connectivity index (χ0v) is 20.5. The quantitative estimate of drug-likeness (QED) is 0.360. The van der Waals surface area contributed by atoms with Gasteiger partial charge in [-0.15, -0.1) is 24.0 Å². The van der Waals surface area contributed by atoms with Gasteiger partial charge in [0.1, 0.15) is 0 Å². The number of rotatable bonds is 5. The highest BCUT2D eigenvalue weighted by Gasteiger charge is 2.34. The first-order valence-electron chi connectivity index (χ1n) is 10.8. The summed E-state index contributed by atoms with van der Waals surface area (Å²) in [6, 6.07) is 10.7. The molecular weight excluding hydrogens is 495 g/mol. The number of halogens is 1. The van der Waals surface area contributed by atoms with Crippen LogP contribution in [0.1, 0.15) is 32.3 Å². The number of piperazine rings is 1. The van der Waals surface area contributed by atoms with Gasteiger partial charge in [0.05, 0.1) is 13.2 Å². The van der Waals surface area contributed by atoms with Gasteiger partial charge in [-0.3, -0.25) is 4.99 Å². The summed E-state index contributed by atoms with van der Waals surface area (Å²) in [6.07, 6.45) is 1.74. The van der Waals surface area contributed by atoms with Crippen molar-refractivity contribution in [2.24, 2.45) is 4.99 Å². The Bertz CT molecular complexity index is 672. The molecule has 2 heterocycles. The summed E-state index contributed by atoms with van der Waals surface area (Å²) in [5, 5.41) is 3.44. The second-order valence-corrected chi connectivity index (χ2v) is 7.60. The van der Waals surface area contributed by atoms with Gasteiger partial charge in [0.15, 0.2) is 5.96 Å². The summed E-state index contributed by atoms with van der Waals surface area (Å²) >= 11 is 0. The number of nitrogens with zero attached hydrogens (tertiary/aromatic N) is 3. The first kappa shape index (κ1) is 24.7. The fourth-order valence-electron chi connectivity index (χ4n) is 4.06. The van der Waals surface area contributed by atoms with Gasteiger partial charge >= 0.3 is 6.09 Å². The van der Waals surface area contributed by atoms with Gasteiger partial charge < -0.3 is 24.6 Å². The first-order chi connectivity index (χ1) is 14.2. The van der Waals surface area contributed by atoms with E-state index in [-0.39, 0.29) is 35.5 Å². The first-order valence-corrected chi connectivity index (χ1v) is 10.8. The largest absolute Gasteiger partial charge is 0.450 e. The Morgan fingerprint density at radius 2 is 1.73 bits per heavy atom. The van der Waals surface area contributed by atoms with Crippen LogP contribution in [0.3, 0.4) is 0 Å². The molecule has 1 amide bonds. The molecule has 0 unspecified atom stereocenters. The van der Waals surface area contributed by atoms with E-state index in [9.17, 15) is 4.79 Å². The Hall–Kier alpha value is -1.55. The second kappa shape index (κ2) is 12.3. The number of aliphatic imine (C=N–C) groups is 1. The predicted molar refractivity (Wildman–Crippen MR) is 130 cm³/mol. The van der Waals surface area contributed by atoms with Crippen LogP contribution >= 0.6 is 24.0 Å². The Morgan fingerprint density at radius 1 is 1.10 bits per heavy atom. The minimum absolute atomic E-state index is 0. The third kappa shape index (κ3) is 6.23. The molecule has 0 spiro atoms. The fraction of sp³-hybridized carbons (Fsp3) is 0.636. The third-order valence-corrected chi connectivity index (χ3v) is 5.81. The zero-order valence-electron chi connectivity index (χ0n) is 18.1. The number of benzene rings is 1. The smallest absolute Gasteiger partial charge is 0.409 e. The summed E-state index contributed by atoms with van der Waals surface area (Å²) in [5.41, 5.74) is 1.36. The summed E-state index contributed by atoms with van der Waals surface area (Å²) in [7, 11) is 0. The van der Waals surface area contributed by atoms with Crippen molar-refractivity contribution in [1.29, 1.82) is 0 Å².